The predicted octanol–water partition coefficient (Wildman–Crippen LogP) is -0.988. The van der Waals surface area contributed by atoms with Crippen molar-refractivity contribution in [2.24, 2.45) is 4.99 Å². The van der Waals surface area contributed by atoms with Gasteiger partial charge in [-0.1, -0.05) is 0 Å². The molecule has 0 radical (unpaired) electrons. The third-order valence-electron chi connectivity index (χ3n) is 2.21. The van der Waals surface area contributed by atoms with Gasteiger partial charge in [-0.2, -0.15) is 0 Å². The molecule has 2 N–H and O–H groups in total. The summed E-state index contributed by atoms with van der Waals surface area (Å²) in [6, 6.07) is -0.139. The number of nitrogens with zero attached hydrogens (tertiary/aromatic N) is 2. The molecule has 1 saturated heterocycles. The second kappa shape index (κ2) is 4.11. The number of rotatable bonds is 0. The van der Waals surface area contributed by atoms with Gasteiger partial charge in [0.05, 0.1) is 0 Å². The summed E-state index contributed by atoms with van der Waals surface area (Å²) in [5, 5.41) is 5.77. The number of guanidine groups is 1. The number of carbonyl (C=O) groups excluding carboxylic acids is 1. The highest BCUT2D eigenvalue weighted by atomic mass is 16.2. The normalized spacial score (nSPS) is 24.2. The summed E-state index contributed by atoms with van der Waals surface area (Å²) >= 11 is 0. The summed E-state index contributed by atoms with van der Waals surface area (Å²) in [6.45, 7) is 3.36. The van der Waals surface area contributed by atoms with Crippen molar-refractivity contribution in [3.63, 3.8) is 0 Å². The van der Waals surface area contributed by atoms with Crippen LogP contribution in [0.2, 0.25) is 0 Å². The van der Waals surface area contributed by atoms with Crippen LogP contribution in [0.3, 0.4) is 0 Å². The minimum Gasteiger partial charge on any atom is -0.359 e. The molecule has 0 bridgehead atoms. The van der Waals surface area contributed by atoms with E-state index in [1.807, 2.05) is 18.9 Å². The molecule has 0 aromatic carbocycles. The first-order valence-electron chi connectivity index (χ1n) is 4.39. The number of nitrogens with one attached hydrogen (secondary N) is 2. The Bertz CT molecular complexity index is 226. The standard InChI is InChI=1S/C8H16N4O/c1-6-7(13)11-4-5-12(6)8(9-2)10-3/h6H,4-5H2,1-3H3,(H,9,10)(H,11,13). The highest BCUT2D eigenvalue weighted by molar-refractivity contribution is 5.89. The van der Waals surface area contributed by atoms with Gasteiger partial charge in [-0.05, 0) is 6.92 Å². The van der Waals surface area contributed by atoms with Gasteiger partial charge in [-0.25, -0.2) is 0 Å². The van der Waals surface area contributed by atoms with Gasteiger partial charge in [0, 0.05) is 27.2 Å². The molecule has 5 nitrogen and oxygen atoms in total. The number of amides is 1. The molecule has 0 saturated carbocycles. The van der Waals surface area contributed by atoms with E-state index in [1.165, 1.54) is 0 Å². The van der Waals surface area contributed by atoms with Gasteiger partial charge in [0.1, 0.15) is 6.04 Å². The third kappa shape index (κ3) is 1.91. The molecule has 1 atom stereocenters. The Hall–Kier alpha value is -1.26. The molecule has 1 amide bonds. The van der Waals surface area contributed by atoms with E-state index in [2.05, 4.69) is 15.6 Å². The van der Waals surface area contributed by atoms with E-state index >= 15 is 0 Å². The Labute approximate surface area is 78.2 Å². The van der Waals surface area contributed by atoms with Gasteiger partial charge in [-0.3, -0.25) is 9.79 Å². The molecule has 13 heavy (non-hydrogen) atoms. The van der Waals surface area contributed by atoms with Crippen molar-refractivity contribution in [1.29, 1.82) is 0 Å². The fourth-order valence-electron chi connectivity index (χ4n) is 1.46. The first-order valence-corrected chi connectivity index (χ1v) is 4.39. The molecule has 1 fully saturated rings. The summed E-state index contributed by atoms with van der Waals surface area (Å²) in [6.07, 6.45) is 0. The van der Waals surface area contributed by atoms with Crippen LogP contribution in [-0.4, -0.2) is 50.0 Å². The Balaban J connectivity index is 2.72. The second-order valence-corrected chi connectivity index (χ2v) is 2.96. The van der Waals surface area contributed by atoms with Crippen LogP contribution in [0.4, 0.5) is 0 Å². The Morgan fingerprint density at radius 1 is 1.77 bits per heavy atom. The quantitative estimate of drug-likeness (QED) is 0.375. The van der Waals surface area contributed by atoms with Crippen molar-refractivity contribution in [3.8, 4) is 0 Å². The van der Waals surface area contributed by atoms with E-state index in [1.54, 1.807) is 7.05 Å². The maximum atomic E-state index is 11.3. The fourth-order valence-corrected chi connectivity index (χ4v) is 1.46. The van der Waals surface area contributed by atoms with E-state index in [9.17, 15) is 4.79 Å². The van der Waals surface area contributed by atoms with Crippen LogP contribution in [0.25, 0.3) is 0 Å². The zero-order valence-corrected chi connectivity index (χ0v) is 8.29. The Morgan fingerprint density at radius 2 is 2.46 bits per heavy atom. The zero-order valence-electron chi connectivity index (χ0n) is 8.29. The number of hydrogen-bond donors (Lipinski definition) is 2. The van der Waals surface area contributed by atoms with Crippen LogP contribution in [0.1, 0.15) is 6.92 Å². The summed E-state index contributed by atoms with van der Waals surface area (Å²) in [5.41, 5.74) is 0. The molecule has 1 aliphatic rings. The molecule has 1 aliphatic heterocycles. The van der Waals surface area contributed by atoms with Gasteiger partial charge in [0.15, 0.2) is 5.96 Å². The molecule has 74 valence electrons. The predicted molar refractivity (Wildman–Crippen MR) is 51.6 cm³/mol. The number of carbonyl (C=O) groups is 1. The van der Waals surface area contributed by atoms with Crippen molar-refractivity contribution in [3.05, 3.63) is 0 Å². The molecule has 5 heteroatoms. The second-order valence-electron chi connectivity index (χ2n) is 2.96. The van der Waals surface area contributed by atoms with Crippen molar-refractivity contribution in [2.75, 3.05) is 27.2 Å². The van der Waals surface area contributed by atoms with Gasteiger partial charge in [0.2, 0.25) is 5.91 Å². The highest BCUT2D eigenvalue weighted by Crippen LogP contribution is 2.03. The monoisotopic (exact) mass is 184 g/mol. The smallest absolute Gasteiger partial charge is 0.242 e. The zero-order chi connectivity index (χ0) is 9.84. The lowest BCUT2D eigenvalue weighted by atomic mass is 10.2. The molecule has 0 aromatic rings. The summed E-state index contributed by atoms with van der Waals surface area (Å²) in [5.74, 6) is 0.824. The van der Waals surface area contributed by atoms with E-state index in [4.69, 9.17) is 0 Å². The summed E-state index contributed by atoms with van der Waals surface area (Å²) in [4.78, 5) is 17.3. The highest BCUT2D eigenvalue weighted by Gasteiger charge is 2.26. The van der Waals surface area contributed by atoms with E-state index in [0.717, 1.165) is 12.5 Å². The van der Waals surface area contributed by atoms with Crippen molar-refractivity contribution < 1.29 is 4.79 Å². The van der Waals surface area contributed by atoms with Gasteiger partial charge in [-0.15, -0.1) is 0 Å². The molecule has 0 spiro atoms. The van der Waals surface area contributed by atoms with Gasteiger partial charge >= 0.3 is 0 Å². The largest absolute Gasteiger partial charge is 0.359 e. The average Bonchev–Trinajstić information content (AvgIpc) is 2.14. The number of aliphatic imine (C=N–C) groups is 1. The van der Waals surface area contributed by atoms with Crippen LogP contribution in [0.15, 0.2) is 4.99 Å². The number of piperazine rings is 1. The fraction of sp³-hybridized carbons (Fsp3) is 0.750. The molecular weight excluding hydrogens is 168 g/mol. The van der Waals surface area contributed by atoms with Crippen LogP contribution < -0.4 is 10.6 Å². The van der Waals surface area contributed by atoms with Crippen molar-refractivity contribution in [1.82, 2.24) is 15.5 Å². The lowest BCUT2D eigenvalue weighted by Crippen LogP contribution is -2.58. The minimum absolute atomic E-state index is 0.0580. The molecule has 1 unspecified atom stereocenters. The molecule has 0 aromatic heterocycles. The lowest BCUT2D eigenvalue weighted by molar-refractivity contribution is -0.126. The molecule has 0 aliphatic carbocycles. The molecule has 1 rings (SSSR count). The van der Waals surface area contributed by atoms with Gasteiger partial charge in [0.25, 0.3) is 0 Å². The van der Waals surface area contributed by atoms with E-state index in [0.29, 0.717) is 6.54 Å². The van der Waals surface area contributed by atoms with E-state index < -0.39 is 0 Å². The first kappa shape index (κ1) is 9.83. The molecule has 1 heterocycles. The minimum atomic E-state index is -0.139. The Kier molecular flexibility index (Phi) is 3.11. The van der Waals surface area contributed by atoms with Crippen LogP contribution in [-0.2, 0) is 4.79 Å². The lowest BCUT2D eigenvalue weighted by Gasteiger charge is -2.34. The maximum absolute atomic E-state index is 11.3. The Morgan fingerprint density at radius 3 is 3.00 bits per heavy atom. The van der Waals surface area contributed by atoms with Gasteiger partial charge < -0.3 is 15.5 Å². The van der Waals surface area contributed by atoms with Crippen LogP contribution >= 0.6 is 0 Å². The maximum Gasteiger partial charge on any atom is 0.242 e. The summed E-state index contributed by atoms with van der Waals surface area (Å²) < 4.78 is 0. The molecular formula is C8H16N4O. The SMILES string of the molecule is CN=C(NC)N1CCNC(=O)C1C. The van der Waals surface area contributed by atoms with E-state index in [-0.39, 0.29) is 11.9 Å². The van der Waals surface area contributed by atoms with Crippen LogP contribution in [0, 0.1) is 0 Å². The van der Waals surface area contributed by atoms with Crippen LogP contribution in [0.5, 0.6) is 0 Å². The number of hydrogen-bond acceptors (Lipinski definition) is 2. The summed E-state index contributed by atoms with van der Waals surface area (Å²) in [7, 11) is 3.52. The third-order valence-corrected chi connectivity index (χ3v) is 2.21. The topological polar surface area (TPSA) is 56.7 Å². The first-order chi connectivity index (χ1) is 6.20. The van der Waals surface area contributed by atoms with Crippen molar-refractivity contribution >= 4 is 11.9 Å². The van der Waals surface area contributed by atoms with Crippen molar-refractivity contribution in [2.45, 2.75) is 13.0 Å². The average molecular weight is 184 g/mol.